The Morgan fingerprint density at radius 1 is 1.05 bits per heavy atom. The Morgan fingerprint density at radius 3 is 2.43 bits per heavy atom. The molecule has 0 radical (unpaired) electrons. The van der Waals surface area contributed by atoms with Gasteiger partial charge in [0.05, 0.1) is 0 Å². The van der Waals surface area contributed by atoms with Crippen LogP contribution in [0.5, 0.6) is 0 Å². The summed E-state index contributed by atoms with van der Waals surface area (Å²) >= 11 is 0. The molecule has 110 valence electrons. The van der Waals surface area contributed by atoms with Crippen LogP contribution in [-0.4, -0.2) is 18.0 Å². The largest absolute Gasteiger partial charge is 0.329 e. The van der Waals surface area contributed by atoms with Crippen LogP contribution in [0, 0.1) is 0 Å². The zero-order valence-corrected chi connectivity index (χ0v) is 12.8. The highest BCUT2D eigenvalue weighted by Gasteiger charge is 2.23. The summed E-state index contributed by atoms with van der Waals surface area (Å²) in [5.41, 5.74) is 11.8. The van der Waals surface area contributed by atoms with Crippen molar-refractivity contribution >= 4 is 0 Å². The summed E-state index contributed by atoms with van der Waals surface area (Å²) in [5, 5.41) is 0. The fraction of sp³-hybridized carbons (Fsp3) is 0.368. The first kappa shape index (κ1) is 14.3. The van der Waals surface area contributed by atoms with Crippen LogP contribution in [0.1, 0.15) is 35.2 Å². The summed E-state index contributed by atoms with van der Waals surface area (Å²) in [7, 11) is 0. The lowest BCUT2D eigenvalue weighted by Gasteiger charge is -2.35. The molecule has 2 nitrogen and oxygen atoms in total. The quantitative estimate of drug-likeness (QED) is 0.931. The molecule has 2 heteroatoms. The number of fused-ring (bicyclic) bond motifs is 1. The molecule has 1 unspecified atom stereocenters. The zero-order chi connectivity index (χ0) is 14.7. The average Bonchev–Trinajstić information content (AvgIpc) is 2.56. The molecule has 1 aliphatic rings. The molecular weight excluding hydrogens is 256 g/mol. The van der Waals surface area contributed by atoms with Gasteiger partial charge in [0.15, 0.2) is 0 Å². The van der Waals surface area contributed by atoms with E-state index in [1.54, 1.807) is 0 Å². The van der Waals surface area contributed by atoms with E-state index in [4.69, 9.17) is 5.73 Å². The van der Waals surface area contributed by atoms with Crippen molar-refractivity contribution in [1.29, 1.82) is 0 Å². The highest BCUT2D eigenvalue weighted by atomic mass is 15.2. The second kappa shape index (κ2) is 6.42. The van der Waals surface area contributed by atoms with E-state index >= 15 is 0 Å². The molecule has 0 bridgehead atoms. The maximum Gasteiger partial charge on any atom is 0.0474 e. The first-order valence-corrected chi connectivity index (χ1v) is 7.91. The van der Waals surface area contributed by atoms with Crippen LogP contribution in [-0.2, 0) is 19.4 Å². The van der Waals surface area contributed by atoms with Gasteiger partial charge >= 0.3 is 0 Å². The number of rotatable bonds is 4. The van der Waals surface area contributed by atoms with Gasteiger partial charge in [0.1, 0.15) is 0 Å². The smallest absolute Gasteiger partial charge is 0.0474 e. The predicted molar refractivity (Wildman–Crippen MR) is 88.2 cm³/mol. The van der Waals surface area contributed by atoms with Crippen LogP contribution in [0.3, 0.4) is 0 Å². The molecular formula is C19H24N2. The van der Waals surface area contributed by atoms with Crippen molar-refractivity contribution in [3.63, 3.8) is 0 Å². The second-order valence-corrected chi connectivity index (χ2v) is 5.84. The third-order valence-electron chi connectivity index (χ3n) is 4.60. The molecule has 0 aromatic heterocycles. The Labute approximate surface area is 127 Å². The minimum Gasteiger partial charge on any atom is -0.329 e. The molecule has 0 fully saturated rings. The van der Waals surface area contributed by atoms with Gasteiger partial charge in [-0.15, -0.1) is 0 Å². The summed E-state index contributed by atoms with van der Waals surface area (Å²) in [5.74, 6) is 0. The molecule has 2 N–H and O–H groups in total. The van der Waals surface area contributed by atoms with Gasteiger partial charge in [0, 0.05) is 25.7 Å². The molecule has 3 rings (SSSR count). The number of nitrogens with two attached hydrogens (primary N) is 1. The van der Waals surface area contributed by atoms with Crippen LogP contribution in [0.25, 0.3) is 0 Å². The maximum atomic E-state index is 6.08. The van der Waals surface area contributed by atoms with Crippen LogP contribution in [0.4, 0.5) is 0 Å². The van der Waals surface area contributed by atoms with Crippen molar-refractivity contribution in [3.8, 4) is 0 Å². The standard InChI is InChI=1S/C19H24N2/c1-2-15-7-9-17(10-8-15)19(13-20)21-12-11-16-5-3-4-6-18(16)14-21/h3-10,19H,2,11-14,20H2,1H3. The topological polar surface area (TPSA) is 29.3 Å². The molecule has 0 saturated carbocycles. The van der Waals surface area contributed by atoms with Gasteiger partial charge in [0.2, 0.25) is 0 Å². The monoisotopic (exact) mass is 280 g/mol. The Kier molecular flexibility index (Phi) is 4.37. The molecule has 0 saturated heterocycles. The number of aryl methyl sites for hydroxylation is 1. The summed E-state index contributed by atoms with van der Waals surface area (Å²) < 4.78 is 0. The predicted octanol–water partition coefficient (Wildman–Crippen LogP) is 3.31. The summed E-state index contributed by atoms with van der Waals surface area (Å²) in [6.45, 7) is 4.96. The van der Waals surface area contributed by atoms with E-state index in [2.05, 4.69) is 60.4 Å². The van der Waals surface area contributed by atoms with Gasteiger partial charge in [-0.3, -0.25) is 4.90 Å². The molecule has 21 heavy (non-hydrogen) atoms. The van der Waals surface area contributed by atoms with Gasteiger partial charge in [-0.25, -0.2) is 0 Å². The summed E-state index contributed by atoms with van der Waals surface area (Å²) in [4.78, 5) is 2.52. The molecule has 0 aliphatic carbocycles. The number of hydrogen-bond acceptors (Lipinski definition) is 2. The van der Waals surface area contributed by atoms with Crippen molar-refractivity contribution in [2.45, 2.75) is 32.4 Å². The van der Waals surface area contributed by atoms with E-state index < -0.39 is 0 Å². The van der Waals surface area contributed by atoms with Crippen molar-refractivity contribution < 1.29 is 0 Å². The van der Waals surface area contributed by atoms with Gasteiger partial charge in [0.25, 0.3) is 0 Å². The lowest BCUT2D eigenvalue weighted by Crippen LogP contribution is -2.37. The molecule has 1 atom stereocenters. The van der Waals surface area contributed by atoms with Crippen molar-refractivity contribution in [3.05, 3.63) is 70.8 Å². The highest BCUT2D eigenvalue weighted by Crippen LogP contribution is 2.27. The molecule has 1 heterocycles. The average molecular weight is 280 g/mol. The number of nitrogens with zero attached hydrogens (tertiary/aromatic N) is 1. The van der Waals surface area contributed by atoms with E-state index in [0.29, 0.717) is 12.6 Å². The van der Waals surface area contributed by atoms with Crippen LogP contribution in [0.2, 0.25) is 0 Å². The Morgan fingerprint density at radius 2 is 1.76 bits per heavy atom. The zero-order valence-electron chi connectivity index (χ0n) is 12.8. The van der Waals surface area contributed by atoms with Gasteiger partial charge in [-0.1, -0.05) is 55.5 Å². The fourth-order valence-corrected chi connectivity index (χ4v) is 3.26. The number of benzene rings is 2. The normalized spacial score (nSPS) is 16.5. The third kappa shape index (κ3) is 3.02. The third-order valence-corrected chi connectivity index (χ3v) is 4.60. The Bertz CT molecular complexity index is 589. The van der Waals surface area contributed by atoms with Gasteiger partial charge in [-0.2, -0.15) is 0 Å². The first-order chi connectivity index (χ1) is 10.3. The van der Waals surface area contributed by atoms with Crippen molar-refractivity contribution in [2.75, 3.05) is 13.1 Å². The maximum absolute atomic E-state index is 6.08. The first-order valence-electron chi connectivity index (χ1n) is 7.91. The van der Waals surface area contributed by atoms with Crippen LogP contribution in [0.15, 0.2) is 48.5 Å². The van der Waals surface area contributed by atoms with Crippen molar-refractivity contribution in [1.82, 2.24) is 4.90 Å². The van der Waals surface area contributed by atoms with E-state index in [-0.39, 0.29) is 0 Å². The van der Waals surface area contributed by atoms with Gasteiger partial charge in [-0.05, 0) is 35.1 Å². The minimum atomic E-state index is 0.323. The summed E-state index contributed by atoms with van der Waals surface area (Å²) in [6.07, 6.45) is 2.21. The molecule has 0 spiro atoms. The SMILES string of the molecule is CCc1ccc(C(CN)N2CCc3ccccc3C2)cc1. The Balaban J connectivity index is 1.80. The van der Waals surface area contributed by atoms with E-state index in [1.165, 1.54) is 22.3 Å². The van der Waals surface area contributed by atoms with E-state index in [0.717, 1.165) is 25.9 Å². The second-order valence-electron chi connectivity index (χ2n) is 5.84. The molecule has 1 aliphatic heterocycles. The Hall–Kier alpha value is -1.64. The summed E-state index contributed by atoms with van der Waals surface area (Å²) in [6, 6.07) is 18.0. The van der Waals surface area contributed by atoms with E-state index in [9.17, 15) is 0 Å². The van der Waals surface area contributed by atoms with Crippen molar-refractivity contribution in [2.24, 2.45) is 5.73 Å². The van der Waals surface area contributed by atoms with Crippen LogP contribution < -0.4 is 5.73 Å². The number of hydrogen-bond donors (Lipinski definition) is 1. The molecule has 2 aromatic rings. The minimum absolute atomic E-state index is 0.323. The molecule has 2 aromatic carbocycles. The lowest BCUT2D eigenvalue weighted by molar-refractivity contribution is 0.183. The highest BCUT2D eigenvalue weighted by molar-refractivity contribution is 5.31. The van der Waals surface area contributed by atoms with Gasteiger partial charge < -0.3 is 5.73 Å². The molecule has 0 amide bonds. The lowest BCUT2D eigenvalue weighted by atomic mass is 9.96. The van der Waals surface area contributed by atoms with E-state index in [1.807, 2.05) is 0 Å². The fourth-order valence-electron chi connectivity index (χ4n) is 3.26. The van der Waals surface area contributed by atoms with Crippen LogP contribution >= 0.6 is 0 Å².